The van der Waals surface area contributed by atoms with Gasteiger partial charge in [0.1, 0.15) is 22.8 Å². The first-order chi connectivity index (χ1) is 14.7. The first-order valence-electron chi connectivity index (χ1n) is 9.13. The van der Waals surface area contributed by atoms with Gasteiger partial charge in [-0.2, -0.15) is 0 Å². The van der Waals surface area contributed by atoms with Crippen LogP contribution < -0.4 is 16.6 Å². The molecule has 1 aliphatic carbocycles. The Morgan fingerprint density at radius 2 is 1.94 bits per heavy atom. The number of H-pyrrole nitrogens is 1. The molecule has 1 aliphatic heterocycles. The Kier molecular flexibility index (Phi) is 4.71. The summed E-state index contributed by atoms with van der Waals surface area (Å²) in [6.45, 7) is 1.25. The minimum Gasteiger partial charge on any atom is -0.480 e. The quantitative estimate of drug-likeness (QED) is 0.244. The summed E-state index contributed by atoms with van der Waals surface area (Å²) in [6, 6.07) is 5.29. The molecule has 0 radical (unpaired) electrons. The number of nitrogens with zero attached hydrogens (tertiary/aromatic N) is 1. The van der Waals surface area contributed by atoms with Gasteiger partial charge in [-0.25, -0.2) is 4.98 Å². The molecule has 2 aliphatic rings. The van der Waals surface area contributed by atoms with Crippen LogP contribution in [-0.2, 0) is 4.79 Å². The van der Waals surface area contributed by atoms with Gasteiger partial charge in [0.15, 0.2) is 28.3 Å². The number of Topliss-reactive ketones (excluding diaryl/α,β-unsaturated/α-hetero) is 2. The van der Waals surface area contributed by atoms with Crippen molar-refractivity contribution >= 4 is 39.5 Å². The van der Waals surface area contributed by atoms with E-state index in [2.05, 4.69) is 9.97 Å². The van der Waals surface area contributed by atoms with E-state index in [0.29, 0.717) is 0 Å². The number of aromatic nitrogens is 2. The van der Waals surface area contributed by atoms with E-state index in [0.717, 1.165) is 12.1 Å². The number of hydrogen-bond donors (Lipinski definition) is 3. The second-order valence-corrected chi connectivity index (χ2v) is 7.01. The smallest absolute Gasteiger partial charge is 0.320 e. The predicted octanol–water partition coefficient (Wildman–Crippen LogP) is 1.32. The molecule has 1 unspecified atom stereocenters. The Morgan fingerprint density at radius 1 is 1.19 bits per heavy atom. The molecule has 1 atom stereocenters. The summed E-state index contributed by atoms with van der Waals surface area (Å²) in [7, 11) is 0. The van der Waals surface area contributed by atoms with Crippen LogP contribution in [0.3, 0.4) is 0 Å². The zero-order valence-corrected chi connectivity index (χ0v) is 16.1. The SMILES string of the molecule is CC(=O)c1cc(=O)c2c3nc4c(C(=O)CC(N)C(=O)O)cccc4oc-3cc(=O)c2[nH]1. The largest absolute Gasteiger partial charge is 0.480 e. The van der Waals surface area contributed by atoms with Gasteiger partial charge in [0.25, 0.3) is 0 Å². The van der Waals surface area contributed by atoms with Crippen LogP contribution in [0.1, 0.15) is 34.2 Å². The van der Waals surface area contributed by atoms with E-state index in [1.807, 2.05) is 0 Å². The standard InChI is InChI=1S/C21H15N3O7/c1-8(25)11-6-13(27)17-19(23-11)14(28)7-16-20(17)24-18-9(3-2-4-15(18)31-16)12(26)5-10(22)21(29)30/h2-4,6-7,10H,5,22H2,1H3,(H,23,27)(H,29,30). The van der Waals surface area contributed by atoms with Crippen molar-refractivity contribution in [2.45, 2.75) is 19.4 Å². The fourth-order valence-electron chi connectivity index (χ4n) is 3.31. The lowest BCUT2D eigenvalue weighted by Gasteiger charge is -2.12. The number of fused-ring (bicyclic) bond motifs is 4. The molecule has 0 fully saturated rings. The van der Waals surface area contributed by atoms with E-state index >= 15 is 0 Å². The summed E-state index contributed by atoms with van der Waals surface area (Å²) >= 11 is 0. The third-order valence-corrected chi connectivity index (χ3v) is 4.86. The van der Waals surface area contributed by atoms with E-state index in [1.54, 1.807) is 0 Å². The van der Waals surface area contributed by atoms with Crippen LogP contribution in [0, 0.1) is 0 Å². The van der Waals surface area contributed by atoms with Crippen molar-refractivity contribution in [1.82, 2.24) is 9.97 Å². The summed E-state index contributed by atoms with van der Waals surface area (Å²) in [5, 5.41) is 8.88. The first-order valence-corrected chi connectivity index (χ1v) is 9.13. The molecule has 4 rings (SSSR count). The van der Waals surface area contributed by atoms with E-state index < -0.39 is 40.9 Å². The third kappa shape index (κ3) is 3.38. The van der Waals surface area contributed by atoms with Gasteiger partial charge in [0.2, 0.25) is 5.43 Å². The van der Waals surface area contributed by atoms with Crippen LogP contribution in [-0.4, -0.2) is 38.7 Å². The zero-order chi connectivity index (χ0) is 22.4. The number of rotatable bonds is 5. The van der Waals surface area contributed by atoms with Crippen molar-refractivity contribution in [2.75, 3.05) is 0 Å². The highest BCUT2D eigenvalue weighted by molar-refractivity contribution is 6.08. The zero-order valence-electron chi connectivity index (χ0n) is 16.1. The Bertz CT molecular complexity index is 1500. The Hall–Kier alpha value is -4.18. The molecule has 0 amide bonds. The predicted molar refractivity (Wildman–Crippen MR) is 110 cm³/mol. The molecule has 0 saturated carbocycles. The number of carbonyl (C=O) groups is 3. The lowest BCUT2D eigenvalue weighted by Crippen LogP contribution is -2.32. The number of carboxylic acids is 1. The number of ketones is 2. The monoisotopic (exact) mass is 421 g/mol. The van der Waals surface area contributed by atoms with Gasteiger partial charge in [0, 0.05) is 31.0 Å². The average molecular weight is 421 g/mol. The van der Waals surface area contributed by atoms with Crippen molar-refractivity contribution in [3.8, 4) is 11.5 Å². The molecule has 156 valence electrons. The molecular weight excluding hydrogens is 406 g/mol. The highest BCUT2D eigenvalue weighted by Crippen LogP contribution is 2.30. The van der Waals surface area contributed by atoms with Gasteiger partial charge >= 0.3 is 5.97 Å². The number of carbonyl (C=O) groups excluding carboxylic acids is 2. The molecule has 1 aromatic carbocycles. The number of benzene rings is 2. The molecule has 0 spiro atoms. The van der Waals surface area contributed by atoms with E-state index in [-0.39, 0.29) is 44.7 Å². The second kappa shape index (κ2) is 7.26. The molecule has 1 aromatic heterocycles. The maximum Gasteiger partial charge on any atom is 0.320 e. The number of hydrogen-bond acceptors (Lipinski definition) is 8. The third-order valence-electron chi connectivity index (χ3n) is 4.86. The second-order valence-electron chi connectivity index (χ2n) is 7.01. The van der Waals surface area contributed by atoms with E-state index in [1.165, 1.54) is 25.1 Å². The molecular formula is C21H15N3O7. The maximum absolute atomic E-state index is 12.7. The first kappa shape index (κ1) is 20.1. The normalized spacial score (nSPS) is 12.3. The molecule has 0 bridgehead atoms. The highest BCUT2D eigenvalue weighted by atomic mass is 16.4. The Balaban J connectivity index is 2.04. The molecule has 10 nitrogen and oxygen atoms in total. The van der Waals surface area contributed by atoms with E-state index in [4.69, 9.17) is 15.3 Å². The number of pyridine rings is 1. The summed E-state index contributed by atoms with van der Waals surface area (Å²) in [5.41, 5.74) is 4.51. The van der Waals surface area contributed by atoms with E-state index in [9.17, 15) is 24.0 Å². The number of carboxylic acid groups (broad SMARTS) is 1. The minimum atomic E-state index is -1.39. The van der Waals surface area contributed by atoms with Crippen molar-refractivity contribution < 1.29 is 23.9 Å². The average Bonchev–Trinajstić information content (AvgIpc) is 2.71. The van der Waals surface area contributed by atoms with Crippen LogP contribution in [0.5, 0.6) is 0 Å². The number of aromatic amines is 1. The van der Waals surface area contributed by atoms with Gasteiger partial charge in [-0.3, -0.25) is 24.0 Å². The topological polar surface area (TPSA) is 173 Å². The number of para-hydroxylation sites is 1. The summed E-state index contributed by atoms with van der Waals surface area (Å²) in [6.07, 6.45) is -0.461. The highest BCUT2D eigenvalue weighted by Gasteiger charge is 2.23. The van der Waals surface area contributed by atoms with Crippen LogP contribution in [0.15, 0.2) is 44.3 Å². The maximum atomic E-state index is 12.7. The molecule has 2 heterocycles. The molecule has 0 saturated heterocycles. The number of nitrogens with one attached hydrogen (secondary N) is 1. The molecule has 4 N–H and O–H groups in total. The fourth-order valence-corrected chi connectivity index (χ4v) is 3.31. The lowest BCUT2D eigenvalue weighted by molar-refractivity contribution is -0.138. The summed E-state index contributed by atoms with van der Waals surface area (Å²) in [5.74, 6) is -2.28. The Morgan fingerprint density at radius 3 is 2.61 bits per heavy atom. The van der Waals surface area contributed by atoms with Crippen molar-refractivity contribution in [1.29, 1.82) is 0 Å². The number of aliphatic carboxylic acids is 1. The Labute approximate surface area is 172 Å². The van der Waals surface area contributed by atoms with Gasteiger partial charge in [-0.1, -0.05) is 6.07 Å². The van der Waals surface area contributed by atoms with Crippen LogP contribution in [0.2, 0.25) is 0 Å². The van der Waals surface area contributed by atoms with Crippen molar-refractivity contribution in [2.24, 2.45) is 5.73 Å². The summed E-state index contributed by atoms with van der Waals surface area (Å²) < 4.78 is 5.73. The summed E-state index contributed by atoms with van der Waals surface area (Å²) in [4.78, 5) is 67.6. The number of nitrogens with two attached hydrogens (primary N) is 1. The van der Waals surface area contributed by atoms with Crippen LogP contribution >= 0.6 is 0 Å². The van der Waals surface area contributed by atoms with Crippen molar-refractivity contribution in [3.63, 3.8) is 0 Å². The van der Waals surface area contributed by atoms with Gasteiger partial charge in [-0.05, 0) is 12.1 Å². The molecule has 2 aromatic rings. The van der Waals surface area contributed by atoms with Gasteiger partial charge in [0.05, 0.1) is 11.1 Å². The van der Waals surface area contributed by atoms with Crippen LogP contribution in [0.25, 0.3) is 33.5 Å². The lowest BCUT2D eigenvalue weighted by atomic mass is 10.0. The molecule has 31 heavy (non-hydrogen) atoms. The fraction of sp³-hybridized carbons (Fsp3) is 0.143. The van der Waals surface area contributed by atoms with Gasteiger partial charge in [-0.15, -0.1) is 0 Å². The van der Waals surface area contributed by atoms with Gasteiger partial charge < -0.3 is 20.2 Å². The van der Waals surface area contributed by atoms with Crippen LogP contribution in [0.4, 0.5) is 0 Å². The minimum absolute atomic E-state index is 0.0230. The van der Waals surface area contributed by atoms with Crippen molar-refractivity contribution in [3.05, 3.63) is 62.0 Å². The molecule has 10 heteroatoms.